The van der Waals surface area contributed by atoms with Crippen molar-refractivity contribution >= 4 is 33.2 Å². The molecular formula is C24H29ClF2N4O4S. The molecule has 196 valence electrons. The Morgan fingerprint density at radius 1 is 1.03 bits per heavy atom. The topological polar surface area (TPSA) is 132 Å². The van der Waals surface area contributed by atoms with Crippen LogP contribution in [-0.2, 0) is 16.7 Å². The zero-order valence-corrected chi connectivity index (χ0v) is 21.5. The SMILES string of the molecule is CCN(CC)CCS(=O)(=O)O.Nc1ccc(-c2cnc(N)c(OCc3c(F)ccc(F)c3Cl)c2)cc1. The van der Waals surface area contributed by atoms with Crippen molar-refractivity contribution in [1.29, 1.82) is 0 Å². The van der Waals surface area contributed by atoms with Gasteiger partial charge in [0.1, 0.15) is 18.2 Å². The molecule has 12 heteroatoms. The van der Waals surface area contributed by atoms with E-state index in [1.54, 1.807) is 24.4 Å². The fourth-order valence-electron chi connectivity index (χ4n) is 3.04. The summed E-state index contributed by atoms with van der Waals surface area (Å²) in [5, 5.41) is -0.318. The first-order valence-electron chi connectivity index (χ1n) is 11.0. The molecule has 0 saturated heterocycles. The van der Waals surface area contributed by atoms with E-state index in [4.69, 9.17) is 32.4 Å². The number of nitrogen functional groups attached to an aromatic ring is 2. The number of pyridine rings is 1. The summed E-state index contributed by atoms with van der Waals surface area (Å²) < 4.78 is 61.8. The Bertz CT molecular complexity index is 1260. The first kappa shape index (κ1) is 29.2. The average Bonchev–Trinajstić information content (AvgIpc) is 2.83. The van der Waals surface area contributed by atoms with Crippen LogP contribution >= 0.6 is 11.6 Å². The summed E-state index contributed by atoms with van der Waals surface area (Å²) in [5.74, 6) is -1.17. The van der Waals surface area contributed by atoms with Crippen LogP contribution in [0.5, 0.6) is 5.75 Å². The molecule has 0 amide bonds. The summed E-state index contributed by atoms with van der Waals surface area (Å²) >= 11 is 5.79. The zero-order valence-electron chi connectivity index (χ0n) is 19.9. The lowest BCUT2D eigenvalue weighted by molar-refractivity contribution is 0.300. The standard InChI is InChI=1S/C18H14ClF2N3O.C6H15NO3S/c19-17-13(14(20)5-6-15(17)21)9-25-16-7-11(8-24-18(16)23)10-1-3-12(22)4-2-10;1-3-7(4-2)5-6-11(8,9)10/h1-8H,9,22H2,(H2,23,24);3-6H2,1-2H3,(H,8,9,10). The van der Waals surface area contributed by atoms with E-state index in [9.17, 15) is 17.2 Å². The number of nitrogens with zero attached hydrogens (tertiary/aromatic N) is 2. The first-order chi connectivity index (χ1) is 16.9. The Kier molecular flexibility index (Phi) is 10.8. The molecule has 0 saturated carbocycles. The molecule has 0 aliphatic rings. The summed E-state index contributed by atoms with van der Waals surface area (Å²) in [6, 6.07) is 10.8. The van der Waals surface area contributed by atoms with Gasteiger partial charge in [0.15, 0.2) is 11.6 Å². The zero-order chi connectivity index (χ0) is 26.9. The normalized spacial score (nSPS) is 11.2. The number of hydrogen-bond acceptors (Lipinski definition) is 7. The monoisotopic (exact) mass is 542 g/mol. The van der Waals surface area contributed by atoms with E-state index >= 15 is 0 Å². The minimum absolute atomic E-state index is 0.0843. The van der Waals surface area contributed by atoms with Gasteiger partial charge in [-0.15, -0.1) is 0 Å². The highest BCUT2D eigenvalue weighted by Gasteiger charge is 2.14. The van der Waals surface area contributed by atoms with Crippen LogP contribution in [-0.4, -0.2) is 48.2 Å². The Labute approximate surface area is 214 Å². The van der Waals surface area contributed by atoms with Gasteiger partial charge in [0.25, 0.3) is 10.1 Å². The summed E-state index contributed by atoms with van der Waals surface area (Å²) in [6.45, 7) is 5.66. The molecule has 0 radical (unpaired) electrons. The second-order valence-corrected chi connectivity index (χ2v) is 9.60. The Morgan fingerprint density at radius 2 is 1.64 bits per heavy atom. The highest BCUT2D eigenvalue weighted by atomic mass is 35.5. The van der Waals surface area contributed by atoms with Gasteiger partial charge in [0.05, 0.1) is 10.8 Å². The van der Waals surface area contributed by atoms with Gasteiger partial charge in [-0.05, 0) is 49.0 Å². The van der Waals surface area contributed by atoms with Gasteiger partial charge in [-0.1, -0.05) is 37.6 Å². The van der Waals surface area contributed by atoms with Gasteiger partial charge in [-0.2, -0.15) is 8.42 Å². The molecule has 0 atom stereocenters. The number of hydrogen-bond donors (Lipinski definition) is 3. The maximum Gasteiger partial charge on any atom is 0.266 e. The predicted molar refractivity (Wildman–Crippen MR) is 138 cm³/mol. The van der Waals surface area contributed by atoms with Crippen molar-refractivity contribution in [3.63, 3.8) is 0 Å². The van der Waals surface area contributed by atoms with E-state index in [0.29, 0.717) is 12.2 Å². The van der Waals surface area contributed by atoms with Crippen molar-refractivity contribution in [3.8, 4) is 16.9 Å². The second-order valence-electron chi connectivity index (χ2n) is 7.65. The fourth-order valence-corrected chi connectivity index (χ4v) is 3.74. The molecule has 0 unspecified atom stereocenters. The molecule has 1 heterocycles. The number of aromatic nitrogens is 1. The number of rotatable bonds is 9. The van der Waals surface area contributed by atoms with Crippen LogP contribution in [0.4, 0.5) is 20.3 Å². The molecule has 2 aromatic carbocycles. The third-order valence-corrected chi connectivity index (χ3v) is 6.30. The van der Waals surface area contributed by atoms with Gasteiger partial charge in [-0.3, -0.25) is 4.55 Å². The second kappa shape index (κ2) is 13.4. The minimum atomic E-state index is -3.78. The first-order valence-corrected chi connectivity index (χ1v) is 13.0. The molecule has 0 fully saturated rings. The van der Waals surface area contributed by atoms with Crippen LogP contribution in [0.3, 0.4) is 0 Å². The Hall–Kier alpha value is -2.99. The summed E-state index contributed by atoms with van der Waals surface area (Å²) in [6.07, 6.45) is 1.59. The number of halogens is 3. The lowest BCUT2D eigenvalue weighted by atomic mass is 10.1. The van der Waals surface area contributed by atoms with Gasteiger partial charge < -0.3 is 21.1 Å². The van der Waals surface area contributed by atoms with Crippen LogP contribution in [0.25, 0.3) is 11.1 Å². The van der Waals surface area contributed by atoms with Crippen LogP contribution in [0.15, 0.2) is 48.7 Å². The summed E-state index contributed by atoms with van der Waals surface area (Å²) in [4.78, 5) is 6.01. The third-order valence-electron chi connectivity index (χ3n) is 5.20. The third kappa shape index (κ3) is 8.90. The Balaban J connectivity index is 0.000000352. The molecule has 0 aliphatic carbocycles. The molecule has 8 nitrogen and oxygen atoms in total. The van der Waals surface area contributed by atoms with Gasteiger partial charge >= 0.3 is 0 Å². The average molecular weight is 543 g/mol. The van der Waals surface area contributed by atoms with Gasteiger partial charge in [0.2, 0.25) is 0 Å². The molecule has 36 heavy (non-hydrogen) atoms. The fraction of sp³-hybridized carbons (Fsp3) is 0.292. The van der Waals surface area contributed by atoms with E-state index in [1.807, 2.05) is 30.9 Å². The van der Waals surface area contributed by atoms with E-state index in [2.05, 4.69) is 4.98 Å². The number of benzene rings is 2. The Morgan fingerprint density at radius 3 is 2.22 bits per heavy atom. The molecular weight excluding hydrogens is 514 g/mol. The van der Waals surface area contributed by atoms with E-state index in [1.165, 1.54) is 0 Å². The molecule has 1 aromatic heterocycles. The maximum atomic E-state index is 13.8. The van der Waals surface area contributed by atoms with Crippen LogP contribution in [0, 0.1) is 11.6 Å². The van der Waals surface area contributed by atoms with E-state index in [0.717, 1.165) is 36.3 Å². The van der Waals surface area contributed by atoms with Crippen molar-refractivity contribution < 1.29 is 26.5 Å². The smallest absolute Gasteiger partial charge is 0.266 e. The van der Waals surface area contributed by atoms with E-state index < -0.39 is 21.8 Å². The lowest BCUT2D eigenvalue weighted by Gasteiger charge is -2.16. The molecule has 3 aromatic rings. The quantitative estimate of drug-likeness (QED) is 0.202. The summed E-state index contributed by atoms with van der Waals surface area (Å²) in [5.41, 5.74) is 13.6. The highest BCUT2D eigenvalue weighted by Crippen LogP contribution is 2.30. The molecule has 0 aliphatic heterocycles. The van der Waals surface area contributed by atoms with Crippen molar-refractivity contribution in [1.82, 2.24) is 9.88 Å². The molecule has 3 rings (SSSR count). The van der Waals surface area contributed by atoms with Crippen molar-refractivity contribution in [3.05, 3.63) is 70.9 Å². The largest absolute Gasteiger partial charge is 0.485 e. The van der Waals surface area contributed by atoms with Gasteiger partial charge in [-0.25, -0.2) is 13.8 Å². The van der Waals surface area contributed by atoms with Crippen molar-refractivity contribution in [2.75, 3.05) is 36.9 Å². The van der Waals surface area contributed by atoms with E-state index in [-0.39, 0.29) is 34.5 Å². The van der Waals surface area contributed by atoms with Crippen LogP contribution < -0.4 is 16.2 Å². The van der Waals surface area contributed by atoms with Crippen molar-refractivity contribution in [2.45, 2.75) is 20.5 Å². The molecule has 0 spiro atoms. The lowest BCUT2D eigenvalue weighted by Crippen LogP contribution is -2.28. The number of ether oxygens (including phenoxy) is 1. The van der Waals surface area contributed by atoms with Crippen LogP contribution in [0.2, 0.25) is 5.02 Å². The number of anilines is 2. The number of nitrogens with two attached hydrogens (primary N) is 2. The minimum Gasteiger partial charge on any atom is -0.485 e. The highest BCUT2D eigenvalue weighted by molar-refractivity contribution is 7.85. The van der Waals surface area contributed by atoms with Gasteiger partial charge in [0, 0.05) is 29.6 Å². The predicted octanol–water partition coefficient (Wildman–Crippen LogP) is 4.64. The molecule has 0 bridgehead atoms. The van der Waals surface area contributed by atoms with Crippen LogP contribution in [0.1, 0.15) is 19.4 Å². The van der Waals surface area contributed by atoms with Crippen molar-refractivity contribution in [2.24, 2.45) is 0 Å². The molecule has 5 N–H and O–H groups in total. The maximum absolute atomic E-state index is 13.8. The summed E-state index contributed by atoms with van der Waals surface area (Å²) in [7, 11) is -3.78.